The summed E-state index contributed by atoms with van der Waals surface area (Å²) >= 11 is 0. The maximum atomic E-state index is 13.0. The first-order chi connectivity index (χ1) is 41.2. The van der Waals surface area contributed by atoms with E-state index >= 15 is 0 Å². The van der Waals surface area contributed by atoms with Gasteiger partial charge in [-0.25, -0.2) is 34.9 Å². The van der Waals surface area contributed by atoms with Crippen LogP contribution >= 0.6 is 0 Å². The van der Waals surface area contributed by atoms with Crippen molar-refractivity contribution < 1.29 is 23.9 Å². The van der Waals surface area contributed by atoms with E-state index in [2.05, 4.69) is 95.8 Å². The first-order valence-electron chi connectivity index (χ1n) is 25.8. The van der Waals surface area contributed by atoms with Gasteiger partial charge in [0.15, 0.2) is 0 Å². The zero-order chi connectivity index (χ0) is 57.7. The Labute approximate surface area is 482 Å². The average Bonchev–Trinajstić information content (AvgIpc) is 3.60. The smallest absolute Gasteiger partial charge is 0.249 e. The van der Waals surface area contributed by atoms with Gasteiger partial charge in [0, 0.05) is 70.0 Å². The Morgan fingerprint density at radius 2 is 0.905 bits per heavy atom. The van der Waals surface area contributed by atoms with Gasteiger partial charge in [0.1, 0.15) is 77.0 Å². The zero-order valence-electron chi connectivity index (χ0n) is 44.4. The Bertz CT molecular complexity index is 4110. The number of rotatable bonds is 21. The van der Waals surface area contributed by atoms with Gasteiger partial charge in [-0.2, -0.15) is 0 Å². The molecule has 0 atom stereocenters. The first kappa shape index (κ1) is 54.8. The molecule has 6 aromatic carbocycles. The zero-order valence-corrected chi connectivity index (χ0v) is 44.4. The van der Waals surface area contributed by atoms with Gasteiger partial charge in [-0.1, -0.05) is 73.0 Å². The second-order valence-corrected chi connectivity index (χ2v) is 17.8. The van der Waals surface area contributed by atoms with Crippen LogP contribution in [-0.4, -0.2) is 52.6 Å². The summed E-state index contributed by atoms with van der Waals surface area (Å²) in [5.74, 6) is 10.5. The SMILES string of the molecule is C=CC(=O)Nc1cccc(Nc2cc(Nc3cccc(C#C/C=C/C(=O)Nc4cccc(Nc5cc(Nc6cccc(/C=C/C(=O)Nc7cccc(Nc8cc(Oc9ccc(Oc%10ccccc%10)cc9)ncn8)n7)c6)ncn5)c4)c3)ncn2)c1. The summed E-state index contributed by atoms with van der Waals surface area (Å²) in [7, 11) is 0. The summed E-state index contributed by atoms with van der Waals surface area (Å²) in [5, 5.41) is 24.6. The fraction of sp³-hybridized carbons (Fsp3) is 0. The Balaban J connectivity index is 0.671. The number of anilines is 13. The molecule has 0 saturated heterocycles. The van der Waals surface area contributed by atoms with Crippen LogP contribution in [-0.2, 0) is 14.4 Å². The van der Waals surface area contributed by atoms with Gasteiger partial charge >= 0.3 is 0 Å². The molecule has 8 N–H and O–H groups in total. The topological polar surface area (TPSA) is 256 Å². The quantitative estimate of drug-likeness (QED) is 0.0246. The molecule has 4 heterocycles. The van der Waals surface area contributed by atoms with Crippen LogP contribution in [0.15, 0.2) is 238 Å². The van der Waals surface area contributed by atoms with Gasteiger partial charge in [-0.05, 0) is 139 Å². The molecule has 0 aliphatic rings. The monoisotopic (exact) mass is 1110 g/mol. The number of aromatic nitrogens is 7. The van der Waals surface area contributed by atoms with E-state index in [1.807, 2.05) is 109 Å². The van der Waals surface area contributed by atoms with Crippen LogP contribution in [0.1, 0.15) is 11.1 Å². The predicted molar refractivity (Wildman–Crippen MR) is 327 cm³/mol. The van der Waals surface area contributed by atoms with Crippen molar-refractivity contribution in [2.24, 2.45) is 0 Å². The van der Waals surface area contributed by atoms with Gasteiger partial charge < -0.3 is 52.0 Å². The van der Waals surface area contributed by atoms with E-state index in [1.165, 1.54) is 43.3 Å². The van der Waals surface area contributed by atoms with Crippen LogP contribution in [0.2, 0.25) is 0 Å². The molecule has 0 fully saturated rings. The third-order valence-electron chi connectivity index (χ3n) is 11.5. The van der Waals surface area contributed by atoms with E-state index in [0.29, 0.717) is 80.7 Å². The van der Waals surface area contributed by atoms with Gasteiger partial charge in [0.05, 0.1) is 0 Å². The van der Waals surface area contributed by atoms with Crippen LogP contribution in [0.4, 0.5) is 74.8 Å². The predicted octanol–water partition coefficient (Wildman–Crippen LogP) is 13.1. The molecule has 10 aromatic rings. The number of ether oxygens (including phenoxy) is 2. The molecule has 0 unspecified atom stereocenters. The van der Waals surface area contributed by atoms with Crippen molar-refractivity contribution >= 4 is 98.6 Å². The lowest BCUT2D eigenvalue weighted by molar-refractivity contribution is -0.112. The van der Waals surface area contributed by atoms with Crippen molar-refractivity contribution in [3.8, 4) is 35.0 Å². The third-order valence-corrected chi connectivity index (χ3v) is 11.5. The highest BCUT2D eigenvalue weighted by Gasteiger charge is 2.09. The number of benzene rings is 6. The van der Waals surface area contributed by atoms with Crippen LogP contribution in [0.5, 0.6) is 23.1 Å². The largest absolute Gasteiger partial charge is 0.457 e. The van der Waals surface area contributed by atoms with E-state index in [0.717, 1.165) is 28.4 Å². The molecular weight excluding hydrogens is 1060 g/mol. The molecule has 0 aliphatic heterocycles. The molecule has 0 saturated carbocycles. The van der Waals surface area contributed by atoms with Crippen molar-refractivity contribution in [1.82, 2.24) is 34.9 Å². The Kier molecular flexibility index (Phi) is 17.9. The van der Waals surface area contributed by atoms with Gasteiger partial charge in [-0.3, -0.25) is 14.4 Å². The highest BCUT2D eigenvalue weighted by Crippen LogP contribution is 2.29. The number of allylic oxidation sites excluding steroid dienone is 1. The lowest BCUT2D eigenvalue weighted by Gasteiger charge is -2.10. The van der Waals surface area contributed by atoms with Crippen molar-refractivity contribution in [3.05, 3.63) is 249 Å². The molecule has 20 heteroatoms. The van der Waals surface area contributed by atoms with E-state index in [4.69, 9.17) is 9.47 Å². The molecule has 10 rings (SSSR count). The summed E-state index contributed by atoms with van der Waals surface area (Å²) in [6, 6.07) is 56.3. The van der Waals surface area contributed by atoms with Crippen LogP contribution in [0.3, 0.4) is 0 Å². The molecule has 0 bridgehead atoms. The van der Waals surface area contributed by atoms with E-state index in [-0.39, 0.29) is 17.7 Å². The number of amides is 3. The molecule has 410 valence electrons. The lowest BCUT2D eigenvalue weighted by Crippen LogP contribution is -2.09. The number of nitrogens with zero attached hydrogens (tertiary/aromatic N) is 7. The Hall–Kier alpha value is -12.5. The third kappa shape index (κ3) is 16.8. The first-order valence-corrected chi connectivity index (χ1v) is 25.8. The van der Waals surface area contributed by atoms with Crippen molar-refractivity contribution in [2.75, 3.05) is 42.5 Å². The fourth-order valence-electron chi connectivity index (χ4n) is 7.77. The van der Waals surface area contributed by atoms with E-state index in [9.17, 15) is 14.4 Å². The van der Waals surface area contributed by atoms with Crippen molar-refractivity contribution in [1.29, 1.82) is 0 Å². The number of nitrogens with one attached hydrogen (secondary N) is 8. The average molecular weight is 1110 g/mol. The normalized spacial score (nSPS) is 10.6. The highest BCUT2D eigenvalue weighted by molar-refractivity contribution is 6.02. The van der Waals surface area contributed by atoms with Gasteiger partial charge in [0.25, 0.3) is 0 Å². The number of para-hydroxylation sites is 1. The number of carbonyl (C=O) groups is 3. The van der Waals surface area contributed by atoms with Crippen LogP contribution in [0, 0.1) is 11.8 Å². The second kappa shape index (κ2) is 27.4. The summed E-state index contributed by atoms with van der Waals surface area (Å²) in [5.41, 5.74) is 5.50. The van der Waals surface area contributed by atoms with Gasteiger partial charge in [-0.15, -0.1) is 0 Å². The number of hydrogen-bond donors (Lipinski definition) is 8. The molecule has 20 nitrogen and oxygen atoms in total. The summed E-state index contributed by atoms with van der Waals surface area (Å²) in [4.78, 5) is 68.1. The fourth-order valence-corrected chi connectivity index (χ4v) is 7.77. The number of carbonyl (C=O) groups excluding carboxylic acids is 3. The Morgan fingerprint density at radius 1 is 0.405 bits per heavy atom. The minimum Gasteiger partial charge on any atom is -0.457 e. The molecule has 3 amide bonds. The highest BCUT2D eigenvalue weighted by atomic mass is 16.5. The Morgan fingerprint density at radius 3 is 1.55 bits per heavy atom. The molecular formula is C64H49N15O5. The van der Waals surface area contributed by atoms with Crippen molar-refractivity contribution in [3.63, 3.8) is 0 Å². The van der Waals surface area contributed by atoms with E-state index < -0.39 is 0 Å². The summed E-state index contributed by atoms with van der Waals surface area (Å²) in [6.45, 7) is 3.48. The van der Waals surface area contributed by atoms with Gasteiger partial charge in [0.2, 0.25) is 23.6 Å². The molecule has 84 heavy (non-hydrogen) atoms. The second-order valence-electron chi connectivity index (χ2n) is 17.8. The molecule has 0 radical (unpaired) electrons. The summed E-state index contributed by atoms with van der Waals surface area (Å²) in [6.07, 6.45) is 11.4. The van der Waals surface area contributed by atoms with Crippen molar-refractivity contribution in [2.45, 2.75) is 0 Å². The maximum absolute atomic E-state index is 13.0. The molecule has 4 aromatic heterocycles. The minimum atomic E-state index is -0.384. The van der Waals surface area contributed by atoms with Crippen LogP contribution in [0.25, 0.3) is 6.08 Å². The molecule has 0 aliphatic carbocycles. The minimum absolute atomic E-state index is 0.307. The number of hydrogen-bond acceptors (Lipinski definition) is 17. The van der Waals surface area contributed by atoms with E-state index in [1.54, 1.807) is 84.9 Å². The standard InChI is InChI=1S/C64H49N15O5/c1-2-61(80)75-49-20-10-18-47(35-49)73-58-37-56(65-40-67-58)71-45-16-8-14-43(33-45)13-6-7-26-62(81)76-50-21-11-19-48(36-50)74-59-38-57(66-41-68-59)72-46-17-9-15-44(34-46)27-32-63(82)79-55-25-12-24-54(77-55)78-60-39-64(70-42-69-60)84-53-30-28-52(29-31-53)83-51-22-4-3-5-23-51/h2-5,7-12,14-42H,1H2,(H,75,80)(H,76,81)(H2,65,67,71,73)(H2,66,68,72,74)(H2,69,70,77,78,79,82)/b26-7+,32-27+. The number of pyridine rings is 1. The molecule has 0 spiro atoms. The summed E-state index contributed by atoms with van der Waals surface area (Å²) < 4.78 is 11.8. The maximum Gasteiger partial charge on any atom is 0.249 e. The van der Waals surface area contributed by atoms with Crippen LogP contribution < -0.4 is 52.0 Å². The lowest BCUT2D eigenvalue weighted by atomic mass is 10.2.